The quantitative estimate of drug-likeness (QED) is 0.0463. The molecule has 0 aliphatic rings. The highest BCUT2D eigenvalue weighted by Gasteiger charge is 2.17. The van der Waals surface area contributed by atoms with Crippen LogP contribution in [0, 0.1) is 0 Å². The number of hydrogen-bond donors (Lipinski definition) is 0. The van der Waals surface area contributed by atoms with E-state index in [1.807, 2.05) is 0 Å². The van der Waals surface area contributed by atoms with Gasteiger partial charge in [-0.2, -0.15) is 0 Å². The summed E-state index contributed by atoms with van der Waals surface area (Å²) in [4.78, 5) is 34.2. The third-order valence-corrected chi connectivity index (χ3v) is 5.43. The summed E-state index contributed by atoms with van der Waals surface area (Å²) >= 11 is 0. The smallest absolute Gasteiger partial charge is 0.379 e. The van der Waals surface area contributed by atoms with Gasteiger partial charge < -0.3 is 42.6 Å². The molecule has 0 spiro atoms. The zero-order chi connectivity index (χ0) is 30.6. The molecule has 238 valence electrons. The van der Waals surface area contributed by atoms with E-state index in [2.05, 4.69) is 0 Å². The van der Waals surface area contributed by atoms with Crippen LogP contribution in [0.25, 0.3) is 0 Å². The second-order valence-corrected chi connectivity index (χ2v) is 8.65. The number of hydrogen-bond acceptors (Lipinski definition) is 12. The molecular weight excluding hydrogens is 564 g/mol. The lowest BCUT2D eigenvalue weighted by Gasteiger charge is -2.09. The summed E-state index contributed by atoms with van der Waals surface area (Å²) in [6.07, 6.45) is 0.790. The molecule has 0 fully saturated rings. The van der Waals surface area contributed by atoms with E-state index < -0.39 is 11.8 Å². The lowest BCUT2D eigenvalue weighted by molar-refractivity contribution is -0.139. The Balaban J connectivity index is 1.21. The van der Waals surface area contributed by atoms with Gasteiger partial charge in [0, 0.05) is 11.1 Å². The van der Waals surface area contributed by atoms with Crippen molar-refractivity contribution in [1.29, 1.82) is 0 Å². The summed E-state index contributed by atoms with van der Waals surface area (Å²) < 4.78 is 48.4. The molecule has 0 atom stereocenters. The predicted molar refractivity (Wildman–Crippen MR) is 155 cm³/mol. The Labute approximate surface area is 252 Å². The zero-order valence-electron chi connectivity index (χ0n) is 24.5. The maximum atomic E-state index is 11.9. The minimum Gasteiger partial charge on any atom is -0.491 e. The summed E-state index contributed by atoms with van der Waals surface area (Å²) in [5, 5.41) is 0. The Kier molecular flexibility index (Phi) is 21.1. The highest BCUT2D eigenvalue weighted by atomic mass is 16.6. The van der Waals surface area contributed by atoms with Crippen molar-refractivity contribution in [3.63, 3.8) is 0 Å². The molecule has 2 rings (SSSR count). The van der Waals surface area contributed by atoms with E-state index in [1.165, 1.54) is 0 Å². The number of rotatable bonds is 28. The summed E-state index contributed by atoms with van der Waals surface area (Å²) in [6.45, 7) is 6.33. The molecule has 43 heavy (non-hydrogen) atoms. The molecular formula is C31H42O12. The van der Waals surface area contributed by atoms with Gasteiger partial charge in [0.05, 0.1) is 92.5 Å². The molecule has 2 aromatic rings. The van der Waals surface area contributed by atoms with Crippen LogP contribution in [0.3, 0.4) is 0 Å². The van der Waals surface area contributed by atoms with E-state index in [0.717, 1.165) is 6.29 Å². The van der Waals surface area contributed by atoms with Crippen LogP contribution in [0.4, 0.5) is 0 Å². The molecule has 0 aromatic heterocycles. The minimum absolute atomic E-state index is 0.00481. The standard InChI is InChI=1S/C31H42O12/c32-26-27-6-8-29(9-7-27)42-24-22-40-20-18-38-16-14-36-12-10-35-11-13-37-15-17-39-19-21-41-23-25-43-31(34)30(33)28-4-2-1-3-5-28/h1-9,26H,10-25H2. The van der Waals surface area contributed by atoms with Gasteiger partial charge in [-0.1, -0.05) is 30.3 Å². The van der Waals surface area contributed by atoms with E-state index >= 15 is 0 Å². The van der Waals surface area contributed by atoms with Crippen molar-refractivity contribution in [3.05, 3.63) is 65.7 Å². The number of ether oxygens (including phenoxy) is 9. The Morgan fingerprint density at radius 3 is 1.30 bits per heavy atom. The van der Waals surface area contributed by atoms with Crippen LogP contribution in [0.5, 0.6) is 5.75 Å². The third-order valence-electron chi connectivity index (χ3n) is 5.43. The number of carbonyl (C=O) groups excluding carboxylic acids is 3. The first-order chi connectivity index (χ1) is 21.2. The summed E-state index contributed by atoms with van der Waals surface area (Å²) in [6, 6.07) is 15.1. The molecule has 12 nitrogen and oxygen atoms in total. The van der Waals surface area contributed by atoms with Gasteiger partial charge in [-0.25, -0.2) is 4.79 Å². The first kappa shape index (κ1) is 36.0. The lowest BCUT2D eigenvalue weighted by atomic mass is 10.1. The third kappa shape index (κ3) is 18.8. The van der Waals surface area contributed by atoms with E-state index in [4.69, 9.17) is 42.6 Å². The predicted octanol–water partition coefficient (Wildman–Crippen LogP) is 2.42. The Hall–Kier alpha value is -3.23. The molecule has 0 heterocycles. The highest BCUT2D eigenvalue weighted by molar-refractivity contribution is 6.40. The van der Waals surface area contributed by atoms with Gasteiger partial charge in [-0.3, -0.25) is 9.59 Å². The van der Waals surface area contributed by atoms with Crippen molar-refractivity contribution in [2.75, 3.05) is 106 Å². The van der Waals surface area contributed by atoms with Crippen LogP contribution in [0.2, 0.25) is 0 Å². The number of aldehydes is 1. The normalized spacial score (nSPS) is 10.9. The molecule has 0 aliphatic heterocycles. The van der Waals surface area contributed by atoms with Crippen LogP contribution < -0.4 is 4.74 Å². The highest BCUT2D eigenvalue weighted by Crippen LogP contribution is 2.10. The lowest BCUT2D eigenvalue weighted by Crippen LogP contribution is -2.20. The van der Waals surface area contributed by atoms with Gasteiger partial charge >= 0.3 is 5.97 Å². The molecule has 12 heteroatoms. The molecule has 0 aliphatic carbocycles. The van der Waals surface area contributed by atoms with Crippen molar-refractivity contribution < 1.29 is 57.0 Å². The number of benzene rings is 2. The first-order valence-electron chi connectivity index (χ1n) is 14.2. The van der Waals surface area contributed by atoms with Crippen LogP contribution in [0.15, 0.2) is 54.6 Å². The average Bonchev–Trinajstić information content (AvgIpc) is 3.05. The number of esters is 1. The monoisotopic (exact) mass is 606 g/mol. The molecule has 0 saturated carbocycles. The fourth-order valence-electron chi connectivity index (χ4n) is 3.25. The van der Waals surface area contributed by atoms with Gasteiger partial charge in [-0.15, -0.1) is 0 Å². The van der Waals surface area contributed by atoms with Gasteiger partial charge in [0.2, 0.25) is 0 Å². The molecule has 0 amide bonds. The van der Waals surface area contributed by atoms with Crippen molar-refractivity contribution in [2.24, 2.45) is 0 Å². The summed E-state index contributed by atoms with van der Waals surface area (Å²) in [5.41, 5.74) is 0.903. The molecule has 0 saturated heterocycles. The molecule has 0 bridgehead atoms. The summed E-state index contributed by atoms with van der Waals surface area (Å²) in [5.74, 6) is -0.883. The minimum atomic E-state index is -0.899. The molecule has 0 radical (unpaired) electrons. The fraction of sp³-hybridized carbons (Fsp3) is 0.516. The largest absolute Gasteiger partial charge is 0.491 e. The Morgan fingerprint density at radius 2 is 0.884 bits per heavy atom. The maximum Gasteiger partial charge on any atom is 0.379 e. The zero-order valence-corrected chi connectivity index (χ0v) is 24.5. The molecule has 0 unspecified atom stereocenters. The van der Waals surface area contributed by atoms with E-state index in [9.17, 15) is 14.4 Å². The van der Waals surface area contributed by atoms with Gasteiger partial charge in [0.15, 0.2) is 0 Å². The van der Waals surface area contributed by atoms with Crippen molar-refractivity contribution in [1.82, 2.24) is 0 Å². The maximum absolute atomic E-state index is 11.9. The summed E-state index contributed by atoms with van der Waals surface area (Å²) in [7, 11) is 0. The first-order valence-corrected chi connectivity index (χ1v) is 14.2. The van der Waals surface area contributed by atoms with Crippen LogP contribution >= 0.6 is 0 Å². The van der Waals surface area contributed by atoms with Crippen molar-refractivity contribution in [2.45, 2.75) is 0 Å². The van der Waals surface area contributed by atoms with Gasteiger partial charge in [0.1, 0.15) is 25.2 Å². The average molecular weight is 607 g/mol. The number of ketones is 1. The van der Waals surface area contributed by atoms with Crippen molar-refractivity contribution >= 4 is 18.0 Å². The Morgan fingerprint density at radius 1 is 0.488 bits per heavy atom. The topological polar surface area (TPSA) is 134 Å². The van der Waals surface area contributed by atoms with Gasteiger partial charge in [0.25, 0.3) is 5.78 Å². The van der Waals surface area contributed by atoms with Crippen LogP contribution in [0.1, 0.15) is 20.7 Å². The molecule has 2 aromatic carbocycles. The van der Waals surface area contributed by atoms with Gasteiger partial charge in [-0.05, 0) is 24.3 Å². The Bertz CT molecular complexity index is 984. The van der Waals surface area contributed by atoms with Crippen LogP contribution in [-0.4, -0.2) is 124 Å². The second kappa shape index (κ2) is 25.3. The van der Waals surface area contributed by atoms with E-state index in [-0.39, 0.29) is 13.2 Å². The number of Topliss-reactive ketones (excluding diaryl/α,β-unsaturated/α-hetero) is 1. The van der Waals surface area contributed by atoms with Crippen LogP contribution in [-0.2, 0) is 42.7 Å². The number of carbonyl (C=O) groups is 3. The van der Waals surface area contributed by atoms with E-state index in [0.29, 0.717) is 109 Å². The second-order valence-electron chi connectivity index (χ2n) is 8.65. The SMILES string of the molecule is O=Cc1ccc(OCCOCCOCCOCCOCCOCCOCCOCCOC(=O)C(=O)c2ccccc2)cc1. The fourth-order valence-corrected chi connectivity index (χ4v) is 3.25. The molecule has 0 N–H and O–H groups in total. The van der Waals surface area contributed by atoms with Crippen molar-refractivity contribution in [3.8, 4) is 5.75 Å². The van der Waals surface area contributed by atoms with E-state index in [1.54, 1.807) is 54.6 Å².